The third kappa shape index (κ3) is 7.45. The molecule has 1 aliphatic rings. The lowest BCUT2D eigenvalue weighted by Crippen LogP contribution is -2.38. The molecule has 0 aliphatic carbocycles. The van der Waals surface area contributed by atoms with Gasteiger partial charge in [0.05, 0.1) is 31.3 Å². The van der Waals surface area contributed by atoms with Gasteiger partial charge in [0, 0.05) is 26.2 Å². The Morgan fingerprint density at radius 1 is 1.20 bits per heavy atom. The maximum Gasteiger partial charge on any atom is 0.484 e. The average molecular weight is 425 g/mol. The van der Waals surface area contributed by atoms with Gasteiger partial charge in [0.25, 0.3) is 5.91 Å². The number of ether oxygens (including phenoxy) is 1. The Hall–Kier alpha value is -3.57. The third-order valence-electron chi connectivity index (χ3n) is 3.40. The van der Waals surface area contributed by atoms with E-state index in [2.05, 4.69) is 36.1 Å². The van der Waals surface area contributed by atoms with Crippen molar-refractivity contribution in [3.8, 4) is 6.07 Å². The van der Waals surface area contributed by atoms with E-state index >= 15 is 0 Å². The number of morpholine rings is 1. The zero-order valence-electron chi connectivity index (χ0n) is 15.7. The predicted octanol–water partition coefficient (Wildman–Crippen LogP) is 0.779. The van der Waals surface area contributed by atoms with Gasteiger partial charge in [0.1, 0.15) is 11.9 Å². The molecule has 2 aromatic heterocycles. The molecule has 30 heavy (non-hydrogen) atoms. The molecule has 2 aromatic rings. The molecule has 11 nitrogen and oxygen atoms in total. The quantitative estimate of drug-likeness (QED) is 0.518. The number of hydrogen-bond donors (Lipinski definition) is 4. The van der Waals surface area contributed by atoms with Crippen molar-refractivity contribution in [1.29, 1.82) is 5.26 Å². The fourth-order valence-electron chi connectivity index (χ4n) is 2.10. The predicted molar refractivity (Wildman–Crippen MR) is 98.8 cm³/mol. The Labute approximate surface area is 169 Å². The van der Waals surface area contributed by atoms with Gasteiger partial charge >= 0.3 is 6.30 Å². The molecule has 0 radical (unpaired) electrons. The molecule has 0 aromatic carbocycles. The van der Waals surface area contributed by atoms with Crippen LogP contribution in [0.5, 0.6) is 0 Å². The topological polar surface area (TPSA) is 150 Å². The molecule has 1 saturated heterocycles. The van der Waals surface area contributed by atoms with Crippen LogP contribution in [0.2, 0.25) is 0 Å². The van der Waals surface area contributed by atoms with Crippen LogP contribution in [-0.4, -0.2) is 65.7 Å². The van der Waals surface area contributed by atoms with Crippen LogP contribution < -0.4 is 21.3 Å². The van der Waals surface area contributed by atoms with E-state index in [9.17, 15) is 18.0 Å². The number of hydrogen-bond acceptors (Lipinski definition) is 10. The minimum Gasteiger partial charge on any atom is -0.386 e. The standard InChI is InChI=1S/C12H9F3N8O.C4H9NO/c1-17-7-2-8(20-9-5-18-6(3-16)4-19-9)22-23-10(7)11(24)21-12(13,14)15;1-3-6-4-2-5-1/h2,4-5H,1H3,(H,21,24)(H2,17,19,20,22);5H,1-4H2. The molecule has 3 rings (SSSR count). The first kappa shape index (κ1) is 22.7. The van der Waals surface area contributed by atoms with Gasteiger partial charge in [-0.15, -0.1) is 10.2 Å². The number of alkyl halides is 3. The summed E-state index contributed by atoms with van der Waals surface area (Å²) in [4.78, 5) is 19.2. The van der Waals surface area contributed by atoms with Gasteiger partial charge in [-0.3, -0.25) is 10.1 Å². The molecule has 0 unspecified atom stereocenters. The Bertz CT molecular complexity index is 870. The van der Waals surface area contributed by atoms with Gasteiger partial charge in [-0.2, -0.15) is 18.4 Å². The van der Waals surface area contributed by atoms with Gasteiger partial charge in [0.15, 0.2) is 17.2 Å². The minimum absolute atomic E-state index is 0.0239. The van der Waals surface area contributed by atoms with E-state index in [1.54, 1.807) is 6.07 Å². The monoisotopic (exact) mass is 425 g/mol. The zero-order chi connectivity index (χ0) is 22.0. The van der Waals surface area contributed by atoms with E-state index in [1.165, 1.54) is 25.5 Å². The lowest BCUT2D eigenvalue weighted by molar-refractivity contribution is -0.146. The van der Waals surface area contributed by atoms with Crippen molar-refractivity contribution < 1.29 is 22.7 Å². The summed E-state index contributed by atoms with van der Waals surface area (Å²) in [5.74, 6) is -1.09. The van der Waals surface area contributed by atoms with Crippen molar-refractivity contribution >= 4 is 23.2 Å². The maximum atomic E-state index is 12.2. The van der Waals surface area contributed by atoms with Gasteiger partial charge in [-0.05, 0) is 0 Å². The third-order valence-corrected chi connectivity index (χ3v) is 3.40. The van der Waals surface area contributed by atoms with Crippen LogP contribution in [0.4, 0.5) is 30.5 Å². The molecule has 14 heteroatoms. The van der Waals surface area contributed by atoms with Crippen LogP contribution in [0.15, 0.2) is 18.5 Å². The van der Waals surface area contributed by atoms with E-state index in [1.807, 2.05) is 0 Å². The number of aromatic nitrogens is 4. The summed E-state index contributed by atoms with van der Waals surface area (Å²) in [6.07, 6.45) is -2.39. The summed E-state index contributed by atoms with van der Waals surface area (Å²) in [5, 5.41) is 25.0. The molecule has 1 amide bonds. The molecule has 160 valence electrons. The molecule has 0 bridgehead atoms. The maximum absolute atomic E-state index is 12.2. The number of halogens is 3. The highest BCUT2D eigenvalue weighted by Crippen LogP contribution is 2.20. The molecule has 1 aliphatic heterocycles. The fourth-order valence-corrected chi connectivity index (χ4v) is 2.10. The van der Waals surface area contributed by atoms with Gasteiger partial charge < -0.3 is 20.7 Å². The van der Waals surface area contributed by atoms with E-state index in [-0.39, 0.29) is 23.0 Å². The van der Waals surface area contributed by atoms with E-state index in [0.29, 0.717) is 0 Å². The number of nitrogens with zero attached hydrogens (tertiary/aromatic N) is 5. The van der Waals surface area contributed by atoms with Gasteiger partial charge in [-0.1, -0.05) is 0 Å². The van der Waals surface area contributed by atoms with Crippen molar-refractivity contribution in [1.82, 2.24) is 30.8 Å². The molecule has 0 spiro atoms. The second-order valence-corrected chi connectivity index (χ2v) is 5.58. The van der Waals surface area contributed by atoms with Crippen molar-refractivity contribution in [2.45, 2.75) is 6.30 Å². The smallest absolute Gasteiger partial charge is 0.386 e. The van der Waals surface area contributed by atoms with Crippen molar-refractivity contribution in [3.63, 3.8) is 0 Å². The first-order valence-corrected chi connectivity index (χ1v) is 8.54. The van der Waals surface area contributed by atoms with Crippen LogP contribution in [0, 0.1) is 11.3 Å². The molecular formula is C16H18F3N9O2. The molecule has 3 heterocycles. The molecule has 0 atom stereocenters. The molecule has 0 saturated carbocycles. The summed E-state index contributed by atoms with van der Waals surface area (Å²) in [7, 11) is 1.41. The highest BCUT2D eigenvalue weighted by Gasteiger charge is 2.32. The Morgan fingerprint density at radius 2 is 1.93 bits per heavy atom. The first-order chi connectivity index (χ1) is 14.3. The van der Waals surface area contributed by atoms with Crippen LogP contribution >= 0.6 is 0 Å². The molecular weight excluding hydrogens is 407 g/mol. The summed E-state index contributed by atoms with van der Waals surface area (Å²) in [6, 6.07) is 3.08. The minimum atomic E-state index is -4.88. The summed E-state index contributed by atoms with van der Waals surface area (Å²) in [5.41, 5.74) is -0.385. The second-order valence-electron chi connectivity index (χ2n) is 5.58. The van der Waals surface area contributed by atoms with Gasteiger partial charge in [-0.25, -0.2) is 9.97 Å². The highest BCUT2D eigenvalue weighted by atomic mass is 19.4. The highest BCUT2D eigenvalue weighted by molar-refractivity contribution is 5.98. The lowest BCUT2D eigenvalue weighted by Gasteiger charge is -2.11. The van der Waals surface area contributed by atoms with E-state index < -0.39 is 17.9 Å². The number of carbonyl (C=O) groups is 1. The first-order valence-electron chi connectivity index (χ1n) is 8.54. The van der Waals surface area contributed by atoms with Crippen LogP contribution in [0.25, 0.3) is 0 Å². The Balaban J connectivity index is 0.000000456. The second kappa shape index (κ2) is 10.8. The molecule has 4 N–H and O–H groups in total. The van der Waals surface area contributed by atoms with Crippen LogP contribution in [0.1, 0.15) is 16.2 Å². The van der Waals surface area contributed by atoms with E-state index in [0.717, 1.165) is 31.6 Å². The number of nitrogens with one attached hydrogen (secondary N) is 4. The average Bonchev–Trinajstić information content (AvgIpc) is 2.74. The zero-order valence-corrected chi connectivity index (χ0v) is 15.7. The fraction of sp³-hybridized carbons (Fsp3) is 0.375. The normalized spacial score (nSPS) is 13.3. The summed E-state index contributed by atoms with van der Waals surface area (Å²) >= 11 is 0. The Morgan fingerprint density at radius 3 is 2.40 bits per heavy atom. The van der Waals surface area contributed by atoms with Gasteiger partial charge in [0.2, 0.25) is 0 Å². The Kier molecular flexibility index (Phi) is 8.20. The van der Waals surface area contributed by atoms with Crippen molar-refractivity contribution in [2.24, 2.45) is 0 Å². The number of carbonyl (C=O) groups excluding carboxylic acids is 1. The van der Waals surface area contributed by atoms with Crippen LogP contribution in [-0.2, 0) is 4.74 Å². The van der Waals surface area contributed by atoms with Crippen molar-refractivity contribution in [3.05, 3.63) is 29.8 Å². The summed E-state index contributed by atoms with van der Waals surface area (Å²) < 4.78 is 41.6. The number of nitriles is 1. The number of anilines is 3. The number of rotatable bonds is 4. The van der Waals surface area contributed by atoms with E-state index in [4.69, 9.17) is 10.00 Å². The SMILES string of the molecule is C1COCCN1.CNc1cc(Nc2cnc(C#N)cn2)nnc1C(=O)NC(F)(F)F. The molecule has 1 fully saturated rings. The largest absolute Gasteiger partial charge is 0.484 e. The van der Waals surface area contributed by atoms with Crippen LogP contribution in [0.3, 0.4) is 0 Å². The lowest BCUT2D eigenvalue weighted by atomic mass is 10.3. The van der Waals surface area contributed by atoms with Crippen molar-refractivity contribution in [2.75, 3.05) is 44.0 Å². The summed E-state index contributed by atoms with van der Waals surface area (Å²) in [6.45, 7) is 3.83. The number of amides is 1.